The van der Waals surface area contributed by atoms with Crippen molar-refractivity contribution in [2.75, 3.05) is 6.61 Å². The van der Waals surface area contributed by atoms with Gasteiger partial charge >= 0.3 is 12.1 Å². The fourth-order valence-electron chi connectivity index (χ4n) is 1.05. The number of hydrogen-bond donors (Lipinski definition) is 0. The molecular formula is C9H10O5. The Balaban J connectivity index is 2.64. The first-order valence-corrected chi connectivity index (χ1v) is 3.97. The Kier molecular flexibility index (Phi) is 2.65. The van der Waals surface area contributed by atoms with E-state index in [0.29, 0.717) is 0 Å². The predicted molar refractivity (Wildman–Crippen MR) is 45.2 cm³/mol. The highest BCUT2D eigenvalue weighted by Gasteiger charge is 2.49. The van der Waals surface area contributed by atoms with Gasteiger partial charge in [0.1, 0.15) is 0 Å². The first kappa shape index (κ1) is 10.4. The predicted octanol–water partition coefficient (Wildman–Crippen LogP) is 0.477. The maximum Gasteiger partial charge on any atom is 0.509 e. The smallest absolute Gasteiger partial charge is 0.450 e. The maximum atomic E-state index is 11.3. The van der Waals surface area contributed by atoms with Crippen molar-refractivity contribution in [2.45, 2.75) is 25.6 Å². The van der Waals surface area contributed by atoms with Gasteiger partial charge in [0.2, 0.25) is 6.10 Å². The van der Waals surface area contributed by atoms with E-state index in [-0.39, 0.29) is 6.61 Å². The lowest BCUT2D eigenvalue weighted by Crippen LogP contribution is -2.40. The summed E-state index contributed by atoms with van der Waals surface area (Å²) in [5.41, 5.74) is -1.01. The lowest BCUT2D eigenvalue weighted by molar-refractivity contribution is -0.154. The van der Waals surface area contributed by atoms with Crippen LogP contribution in [0.5, 0.6) is 0 Å². The second-order valence-corrected chi connectivity index (χ2v) is 3.27. The van der Waals surface area contributed by atoms with Gasteiger partial charge in [-0.15, -0.1) is 6.42 Å². The molecule has 1 rings (SSSR count). The van der Waals surface area contributed by atoms with Crippen LogP contribution in [0.4, 0.5) is 4.79 Å². The average Bonchev–Trinajstić information content (AvgIpc) is 2.35. The lowest BCUT2D eigenvalue weighted by Gasteiger charge is -2.19. The minimum absolute atomic E-state index is 0.150. The number of hydrogen-bond acceptors (Lipinski definition) is 5. The van der Waals surface area contributed by atoms with E-state index < -0.39 is 23.8 Å². The minimum Gasteiger partial charge on any atom is -0.450 e. The zero-order valence-corrected chi connectivity index (χ0v) is 7.90. The largest absolute Gasteiger partial charge is 0.509 e. The van der Waals surface area contributed by atoms with E-state index in [1.54, 1.807) is 13.8 Å². The molecule has 1 heterocycles. The van der Waals surface area contributed by atoms with Crippen molar-refractivity contribution in [3.8, 4) is 12.3 Å². The summed E-state index contributed by atoms with van der Waals surface area (Å²) < 4.78 is 14.0. The summed E-state index contributed by atoms with van der Waals surface area (Å²) in [7, 11) is 0. The first-order valence-electron chi connectivity index (χ1n) is 3.97. The van der Waals surface area contributed by atoms with Gasteiger partial charge in [-0.05, 0) is 13.8 Å². The molecule has 0 N–H and O–H groups in total. The zero-order chi connectivity index (χ0) is 10.8. The highest BCUT2D eigenvalue weighted by Crippen LogP contribution is 2.27. The summed E-state index contributed by atoms with van der Waals surface area (Å²) in [5, 5.41) is 0. The summed E-state index contributed by atoms with van der Waals surface area (Å²) in [6.45, 7) is 2.96. The SMILES string of the molecule is C#CCOC(=O)C1OC(=O)OC1(C)C. The Morgan fingerprint density at radius 1 is 1.71 bits per heavy atom. The van der Waals surface area contributed by atoms with Crippen molar-refractivity contribution < 1.29 is 23.8 Å². The minimum atomic E-state index is -1.05. The van der Waals surface area contributed by atoms with Crippen LogP contribution in [0.25, 0.3) is 0 Å². The third kappa shape index (κ3) is 1.96. The second kappa shape index (κ2) is 3.58. The Bertz CT molecular complexity index is 299. The Labute approximate surface area is 81.3 Å². The third-order valence-electron chi connectivity index (χ3n) is 1.70. The summed E-state index contributed by atoms with van der Waals surface area (Å²) >= 11 is 0. The van der Waals surface area contributed by atoms with Crippen LogP contribution in [-0.4, -0.2) is 30.4 Å². The number of carbonyl (C=O) groups is 2. The molecule has 0 spiro atoms. The molecular weight excluding hydrogens is 188 g/mol. The maximum absolute atomic E-state index is 11.3. The van der Waals surface area contributed by atoms with Crippen LogP contribution in [0, 0.1) is 12.3 Å². The molecule has 14 heavy (non-hydrogen) atoms. The number of terminal acetylenes is 1. The Hall–Kier alpha value is -1.70. The second-order valence-electron chi connectivity index (χ2n) is 3.27. The van der Waals surface area contributed by atoms with Gasteiger partial charge in [0.25, 0.3) is 0 Å². The molecule has 0 aromatic carbocycles. The molecule has 1 aliphatic rings. The van der Waals surface area contributed by atoms with Gasteiger partial charge < -0.3 is 14.2 Å². The van der Waals surface area contributed by atoms with Crippen molar-refractivity contribution in [3.63, 3.8) is 0 Å². The Morgan fingerprint density at radius 3 is 2.79 bits per heavy atom. The molecule has 5 nitrogen and oxygen atoms in total. The fraction of sp³-hybridized carbons (Fsp3) is 0.556. The number of cyclic esters (lactones) is 2. The van der Waals surface area contributed by atoms with Crippen molar-refractivity contribution >= 4 is 12.1 Å². The van der Waals surface area contributed by atoms with Crippen molar-refractivity contribution in [1.29, 1.82) is 0 Å². The van der Waals surface area contributed by atoms with E-state index in [2.05, 4.69) is 15.4 Å². The quantitative estimate of drug-likeness (QED) is 0.477. The summed E-state index contributed by atoms with van der Waals surface area (Å²) in [4.78, 5) is 22.0. The monoisotopic (exact) mass is 198 g/mol. The van der Waals surface area contributed by atoms with E-state index in [1.807, 2.05) is 0 Å². The molecule has 0 amide bonds. The molecule has 1 atom stereocenters. The normalized spacial score (nSPS) is 23.2. The van der Waals surface area contributed by atoms with Crippen LogP contribution in [-0.2, 0) is 19.0 Å². The molecule has 5 heteroatoms. The van der Waals surface area contributed by atoms with E-state index in [1.165, 1.54) is 0 Å². The van der Waals surface area contributed by atoms with E-state index in [9.17, 15) is 9.59 Å². The highest BCUT2D eigenvalue weighted by atomic mass is 16.8. The highest BCUT2D eigenvalue weighted by molar-refractivity contribution is 5.81. The average molecular weight is 198 g/mol. The fourth-order valence-corrected chi connectivity index (χ4v) is 1.05. The number of rotatable bonds is 2. The topological polar surface area (TPSA) is 61.8 Å². The Morgan fingerprint density at radius 2 is 2.36 bits per heavy atom. The molecule has 0 aromatic rings. The third-order valence-corrected chi connectivity index (χ3v) is 1.70. The van der Waals surface area contributed by atoms with Gasteiger partial charge in [-0.25, -0.2) is 9.59 Å². The molecule has 1 unspecified atom stereocenters. The lowest BCUT2D eigenvalue weighted by atomic mass is 10.0. The molecule has 0 aliphatic carbocycles. The van der Waals surface area contributed by atoms with Crippen LogP contribution < -0.4 is 0 Å². The van der Waals surface area contributed by atoms with E-state index in [0.717, 1.165) is 0 Å². The van der Waals surface area contributed by atoms with Gasteiger partial charge in [0, 0.05) is 0 Å². The first-order chi connectivity index (χ1) is 6.47. The summed E-state index contributed by atoms with van der Waals surface area (Å²) in [6.07, 6.45) is 2.97. The number of ether oxygens (including phenoxy) is 3. The van der Waals surface area contributed by atoms with E-state index >= 15 is 0 Å². The summed E-state index contributed by atoms with van der Waals surface area (Å²) in [6, 6.07) is 0. The van der Waals surface area contributed by atoms with Crippen molar-refractivity contribution in [2.24, 2.45) is 0 Å². The molecule has 0 bridgehead atoms. The standard InChI is InChI=1S/C9H10O5/c1-4-5-12-7(10)6-9(2,3)14-8(11)13-6/h1,6H,5H2,2-3H3. The van der Waals surface area contributed by atoms with E-state index in [4.69, 9.17) is 11.2 Å². The molecule has 1 fully saturated rings. The molecule has 0 radical (unpaired) electrons. The van der Waals surface area contributed by atoms with Gasteiger partial charge in [-0.1, -0.05) is 5.92 Å². The van der Waals surface area contributed by atoms with Crippen LogP contribution in [0.3, 0.4) is 0 Å². The zero-order valence-electron chi connectivity index (χ0n) is 7.90. The molecule has 0 saturated carbocycles. The molecule has 0 aromatic heterocycles. The van der Waals surface area contributed by atoms with Crippen LogP contribution in [0.1, 0.15) is 13.8 Å². The van der Waals surface area contributed by atoms with Crippen molar-refractivity contribution in [3.05, 3.63) is 0 Å². The summed E-state index contributed by atoms with van der Waals surface area (Å²) in [5.74, 6) is 1.44. The van der Waals surface area contributed by atoms with Crippen molar-refractivity contribution in [1.82, 2.24) is 0 Å². The van der Waals surface area contributed by atoms with Crippen LogP contribution in [0.15, 0.2) is 0 Å². The van der Waals surface area contributed by atoms with Gasteiger partial charge in [-0.3, -0.25) is 0 Å². The number of carbonyl (C=O) groups excluding carboxylic acids is 2. The van der Waals surface area contributed by atoms with Gasteiger partial charge in [0.05, 0.1) is 0 Å². The molecule has 1 aliphatic heterocycles. The van der Waals surface area contributed by atoms with Gasteiger partial charge in [0.15, 0.2) is 12.2 Å². The van der Waals surface area contributed by atoms with Gasteiger partial charge in [-0.2, -0.15) is 0 Å². The number of esters is 1. The molecule has 1 saturated heterocycles. The van der Waals surface area contributed by atoms with Crippen LogP contribution >= 0.6 is 0 Å². The molecule has 76 valence electrons. The van der Waals surface area contributed by atoms with Crippen LogP contribution in [0.2, 0.25) is 0 Å².